The summed E-state index contributed by atoms with van der Waals surface area (Å²) in [5.74, 6) is -3.27. The van der Waals surface area contributed by atoms with Gasteiger partial charge in [-0.2, -0.15) is 5.10 Å². The van der Waals surface area contributed by atoms with Crippen molar-refractivity contribution >= 4 is 15.9 Å². The summed E-state index contributed by atoms with van der Waals surface area (Å²) in [6.45, 7) is 1.27. The zero-order valence-electron chi connectivity index (χ0n) is 12.2. The van der Waals surface area contributed by atoms with Gasteiger partial charge in [0.2, 0.25) is 0 Å². The number of hydrogen-bond acceptors (Lipinski definition) is 5. The summed E-state index contributed by atoms with van der Waals surface area (Å²) in [5, 5.41) is 3.70. The molecular formula is C13H13F2N3O4S. The Balaban J connectivity index is 2.06. The number of rotatable bonds is 5. The Bertz CT molecular complexity index is 835. The Kier molecular flexibility index (Phi) is 4.64. The molecule has 0 aliphatic rings. The molecule has 1 atom stereocenters. The van der Waals surface area contributed by atoms with Gasteiger partial charge in [0.05, 0.1) is 6.20 Å². The first-order valence-electron chi connectivity index (χ1n) is 6.36. The van der Waals surface area contributed by atoms with Gasteiger partial charge < -0.3 is 4.74 Å². The van der Waals surface area contributed by atoms with Gasteiger partial charge in [0, 0.05) is 19.3 Å². The van der Waals surface area contributed by atoms with Crippen molar-refractivity contribution in [1.82, 2.24) is 14.5 Å². The fourth-order valence-corrected chi connectivity index (χ4v) is 2.65. The molecule has 0 fully saturated rings. The van der Waals surface area contributed by atoms with Crippen molar-refractivity contribution in [3.63, 3.8) is 0 Å². The number of amides is 1. The maximum atomic E-state index is 13.1. The van der Waals surface area contributed by atoms with Crippen LogP contribution in [-0.4, -0.2) is 30.2 Å². The van der Waals surface area contributed by atoms with Crippen LogP contribution in [0, 0.1) is 11.6 Å². The quantitative estimate of drug-likeness (QED) is 0.872. The van der Waals surface area contributed by atoms with E-state index in [1.165, 1.54) is 24.9 Å². The van der Waals surface area contributed by atoms with Crippen LogP contribution >= 0.6 is 0 Å². The maximum absolute atomic E-state index is 13.1. The molecule has 1 N–H and O–H groups in total. The zero-order valence-corrected chi connectivity index (χ0v) is 13.0. The van der Waals surface area contributed by atoms with Crippen LogP contribution in [0.1, 0.15) is 6.92 Å². The molecule has 0 aliphatic heterocycles. The van der Waals surface area contributed by atoms with Gasteiger partial charge in [0.15, 0.2) is 17.7 Å². The van der Waals surface area contributed by atoms with Crippen molar-refractivity contribution in [3.8, 4) is 5.75 Å². The molecule has 0 saturated heterocycles. The second-order valence-electron chi connectivity index (χ2n) is 4.66. The molecule has 1 amide bonds. The number of sulfonamides is 1. The lowest BCUT2D eigenvalue weighted by atomic mass is 10.3. The monoisotopic (exact) mass is 345 g/mol. The predicted octanol–water partition coefficient (Wildman–Crippen LogP) is 0.971. The topological polar surface area (TPSA) is 90.3 Å². The third-order valence-corrected chi connectivity index (χ3v) is 4.10. The summed E-state index contributed by atoms with van der Waals surface area (Å²) in [5.41, 5.74) is 0. The average molecular weight is 345 g/mol. The third kappa shape index (κ3) is 4.03. The third-order valence-electron chi connectivity index (χ3n) is 2.80. The zero-order chi connectivity index (χ0) is 17.2. The molecule has 1 aromatic carbocycles. The number of carbonyl (C=O) groups excluding carboxylic acids is 1. The van der Waals surface area contributed by atoms with E-state index in [1.54, 1.807) is 0 Å². The van der Waals surface area contributed by atoms with E-state index in [9.17, 15) is 22.0 Å². The number of aromatic nitrogens is 2. The molecule has 0 radical (unpaired) electrons. The second kappa shape index (κ2) is 6.32. The number of hydrogen-bond donors (Lipinski definition) is 1. The number of ether oxygens (including phenoxy) is 1. The van der Waals surface area contributed by atoms with Gasteiger partial charge in [-0.25, -0.2) is 21.9 Å². The number of nitrogens with zero attached hydrogens (tertiary/aromatic N) is 2. The summed E-state index contributed by atoms with van der Waals surface area (Å²) >= 11 is 0. The fourth-order valence-electron chi connectivity index (χ4n) is 1.62. The lowest BCUT2D eigenvalue weighted by molar-refractivity contribution is -0.125. The van der Waals surface area contributed by atoms with E-state index in [0.717, 1.165) is 24.4 Å². The summed E-state index contributed by atoms with van der Waals surface area (Å²) < 4.78 is 58.0. The van der Waals surface area contributed by atoms with E-state index in [0.29, 0.717) is 0 Å². The van der Waals surface area contributed by atoms with E-state index < -0.39 is 33.7 Å². The number of carbonyl (C=O) groups is 1. The lowest BCUT2D eigenvalue weighted by Gasteiger charge is -2.14. The molecule has 10 heteroatoms. The van der Waals surface area contributed by atoms with Crippen LogP contribution in [0.5, 0.6) is 5.75 Å². The van der Waals surface area contributed by atoms with Crippen molar-refractivity contribution in [1.29, 1.82) is 0 Å². The molecule has 7 nitrogen and oxygen atoms in total. The van der Waals surface area contributed by atoms with Crippen LogP contribution in [0.2, 0.25) is 0 Å². The molecule has 1 heterocycles. The van der Waals surface area contributed by atoms with E-state index in [2.05, 4.69) is 5.10 Å². The van der Waals surface area contributed by atoms with Crippen LogP contribution < -0.4 is 9.46 Å². The molecule has 1 unspecified atom stereocenters. The number of aryl methyl sites for hydroxylation is 1. The predicted molar refractivity (Wildman–Crippen MR) is 75.0 cm³/mol. The SMILES string of the molecule is CC(Oc1ccc(F)c(F)c1)C(=O)NS(=O)(=O)c1cnn(C)c1. The Hall–Kier alpha value is -2.49. The van der Waals surface area contributed by atoms with Gasteiger partial charge in [0.1, 0.15) is 10.6 Å². The highest BCUT2D eigenvalue weighted by molar-refractivity contribution is 7.90. The molecule has 124 valence electrons. The first-order chi connectivity index (χ1) is 10.7. The minimum Gasteiger partial charge on any atom is -0.481 e. The Morgan fingerprint density at radius 1 is 1.35 bits per heavy atom. The molecule has 0 bridgehead atoms. The molecular weight excluding hydrogens is 332 g/mol. The van der Waals surface area contributed by atoms with Gasteiger partial charge in [-0.1, -0.05) is 0 Å². The van der Waals surface area contributed by atoms with Crippen molar-refractivity contribution < 1.29 is 26.7 Å². The molecule has 2 aromatic rings. The number of halogens is 2. The highest BCUT2D eigenvalue weighted by Gasteiger charge is 2.24. The molecule has 0 saturated carbocycles. The largest absolute Gasteiger partial charge is 0.481 e. The van der Waals surface area contributed by atoms with Crippen LogP contribution in [0.25, 0.3) is 0 Å². The summed E-state index contributed by atoms with van der Waals surface area (Å²) in [6, 6.07) is 2.72. The molecule has 0 spiro atoms. The van der Waals surface area contributed by atoms with Gasteiger partial charge in [-0.05, 0) is 19.1 Å². The minimum atomic E-state index is -4.09. The Morgan fingerprint density at radius 2 is 2.04 bits per heavy atom. The van der Waals surface area contributed by atoms with E-state index in [-0.39, 0.29) is 10.6 Å². The van der Waals surface area contributed by atoms with Crippen LogP contribution in [-0.2, 0) is 21.9 Å². The Morgan fingerprint density at radius 3 is 2.61 bits per heavy atom. The van der Waals surface area contributed by atoms with E-state index in [1.807, 2.05) is 4.72 Å². The van der Waals surface area contributed by atoms with E-state index in [4.69, 9.17) is 4.74 Å². The van der Waals surface area contributed by atoms with Gasteiger partial charge in [-0.3, -0.25) is 9.48 Å². The molecule has 23 heavy (non-hydrogen) atoms. The van der Waals surface area contributed by atoms with Crippen molar-refractivity contribution in [2.24, 2.45) is 7.05 Å². The first-order valence-corrected chi connectivity index (χ1v) is 7.84. The molecule has 1 aromatic heterocycles. The van der Waals surface area contributed by atoms with Crippen molar-refractivity contribution in [2.75, 3.05) is 0 Å². The van der Waals surface area contributed by atoms with Gasteiger partial charge >= 0.3 is 0 Å². The summed E-state index contributed by atoms with van der Waals surface area (Å²) in [7, 11) is -2.56. The van der Waals surface area contributed by atoms with Crippen LogP contribution in [0.4, 0.5) is 8.78 Å². The maximum Gasteiger partial charge on any atom is 0.274 e. The summed E-state index contributed by atoms with van der Waals surface area (Å²) in [4.78, 5) is 11.7. The second-order valence-corrected chi connectivity index (χ2v) is 6.34. The number of benzene rings is 1. The Labute approximate surface area is 130 Å². The minimum absolute atomic E-state index is 0.106. The van der Waals surface area contributed by atoms with Crippen molar-refractivity contribution in [2.45, 2.75) is 17.9 Å². The average Bonchev–Trinajstić information content (AvgIpc) is 2.90. The van der Waals surface area contributed by atoms with Gasteiger partial charge in [0.25, 0.3) is 15.9 Å². The smallest absolute Gasteiger partial charge is 0.274 e. The normalized spacial score (nSPS) is 12.7. The standard InChI is InChI=1S/C13H13F2N3O4S/c1-8(22-9-3-4-11(14)12(15)5-9)13(19)17-23(20,21)10-6-16-18(2)7-10/h3-8H,1-2H3,(H,17,19). The lowest BCUT2D eigenvalue weighted by Crippen LogP contribution is -2.39. The van der Waals surface area contributed by atoms with Crippen LogP contribution in [0.3, 0.4) is 0 Å². The first kappa shape index (κ1) is 16.9. The van der Waals surface area contributed by atoms with Crippen molar-refractivity contribution in [3.05, 3.63) is 42.2 Å². The molecule has 0 aliphatic carbocycles. The van der Waals surface area contributed by atoms with Gasteiger partial charge in [-0.15, -0.1) is 0 Å². The fraction of sp³-hybridized carbons (Fsp3) is 0.231. The van der Waals surface area contributed by atoms with E-state index >= 15 is 0 Å². The number of nitrogens with one attached hydrogen (secondary N) is 1. The highest BCUT2D eigenvalue weighted by atomic mass is 32.2. The van der Waals surface area contributed by atoms with Crippen LogP contribution in [0.15, 0.2) is 35.5 Å². The summed E-state index contributed by atoms with van der Waals surface area (Å²) in [6.07, 6.45) is 1.05. The molecule has 2 rings (SSSR count). The highest BCUT2D eigenvalue weighted by Crippen LogP contribution is 2.17.